The van der Waals surface area contributed by atoms with Crippen LogP contribution in [-0.2, 0) is 4.74 Å². The number of piperazine rings is 1. The zero-order valence-electron chi connectivity index (χ0n) is 19.1. The fourth-order valence-corrected chi connectivity index (χ4v) is 5.73. The summed E-state index contributed by atoms with van der Waals surface area (Å²) < 4.78 is 5.80. The molecule has 33 heavy (non-hydrogen) atoms. The van der Waals surface area contributed by atoms with E-state index >= 15 is 0 Å². The van der Waals surface area contributed by atoms with Gasteiger partial charge in [0, 0.05) is 61.9 Å². The standard InChI is InChI=1S/C23H31N5O4S/c1-3-24-22(30)25-20-19(17-6-4-5-7-18(17)33-20)21(29)27-14-12-26(13-15-27)16-8-10-28(11-9-16)23(31)32-2/h4-7,16H,3,8-15H2,1-2H3,(H2,24,25,30). The van der Waals surface area contributed by atoms with Gasteiger partial charge >= 0.3 is 12.1 Å². The molecule has 1 aromatic carbocycles. The maximum absolute atomic E-state index is 13.6. The number of methoxy groups -OCH3 is 1. The molecule has 2 N–H and O–H groups in total. The third-order valence-electron chi connectivity index (χ3n) is 6.39. The molecular formula is C23H31N5O4S. The molecule has 178 valence electrons. The van der Waals surface area contributed by atoms with Crippen LogP contribution in [0.15, 0.2) is 24.3 Å². The second-order valence-electron chi connectivity index (χ2n) is 8.30. The van der Waals surface area contributed by atoms with Gasteiger partial charge in [0.15, 0.2) is 0 Å². The quantitative estimate of drug-likeness (QED) is 0.712. The number of carbonyl (C=O) groups is 3. The molecule has 2 aliphatic rings. The molecule has 2 fully saturated rings. The lowest BCUT2D eigenvalue weighted by Gasteiger charge is -2.42. The van der Waals surface area contributed by atoms with Gasteiger partial charge < -0.3 is 19.9 Å². The highest BCUT2D eigenvalue weighted by Gasteiger charge is 2.32. The average Bonchev–Trinajstić information content (AvgIpc) is 3.21. The average molecular weight is 474 g/mol. The van der Waals surface area contributed by atoms with Crippen molar-refractivity contribution in [1.29, 1.82) is 0 Å². The van der Waals surface area contributed by atoms with E-state index in [0.717, 1.165) is 36.0 Å². The van der Waals surface area contributed by atoms with Crippen molar-refractivity contribution in [1.82, 2.24) is 20.0 Å². The zero-order chi connectivity index (χ0) is 23.4. The number of nitrogens with one attached hydrogen (secondary N) is 2. The molecule has 0 aliphatic carbocycles. The number of fused-ring (bicyclic) bond motifs is 1. The van der Waals surface area contributed by atoms with E-state index in [2.05, 4.69) is 15.5 Å². The molecule has 4 rings (SSSR count). The van der Waals surface area contributed by atoms with Crippen molar-refractivity contribution in [2.24, 2.45) is 0 Å². The van der Waals surface area contributed by atoms with Gasteiger partial charge in [0.05, 0.1) is 12.7 Å². The predicted molar refractivity (Wildman–Crippen MR) is 129 cm³/mol. The Labute approximate surface area is 197 Å². The number of urea groups is 1. The molecular weight excluding hydrogens is 442 g/mol. The molecule has 0 bridgehead atoms. The van der Waals surface area contributed by atoms with E-state index in [-0.39, 0.29) is 18.0 Å². The molecule has 2 saturated heterocycles. The fourth-order valence-electron chi connectivity index (χ4n) is 4.64. The highest BCUT2D eigenvalue weighted by Crippen LogP contribution is 2.36. The third kappa shape index (κ3) is 5.06. The lowest BCUT2D eigenvalue weighted by Crippen LogP contribution is -2.54. The van der Waals surface area contributed by atoms with Gasteiger partial charge in [-0.3, -0.25) is 15.0 Å². The van der Waals surface area contributed by atoms with Crippen molar-refractivity contribution in [3.63, 3.8) is 0 Å². The van der Waals surface area contributed by atoms with Gasteiger partial charge in [-0.1, -0.05) is 18.2 Å². The maximum atomic E-state index is 13.6. The van der Waals surface area contributed by atoms with Crippen molar-refractivity contribution in [3.8, 4) is 0 Å². The molecule has 0 saturated carbocycles. The molecule has 3 heterocycles. The zero-order valence-corrected chi connectivity index (χ0v) is 20.0. The molecule has 10 heteroatoms. The Balaban J connectivity index is 1.42. The summed E-state index contributed by atoms with van der Waals surface area (Å²) in [4.78, 5) is 43.5. The number of nitrogens with zero attached hydrogens (tertiary/aromatic N) is 3. The smallest absolute Gasteiger partial charge is 0.409 e. The second kappa shape index (κ2) is 10.4. The van der Waals surface area contributed by atoms with Crippen LogP contribution in [0.2, 0.25) is 0 Å². The monoisotopic (exact) mass is 473 g/mol. The molecule has 0 radical (unpaired) electrons. The minimum atomic E-state index is -0.304. The molecule has 2 aromatic rings. The highest BCUT2D eigenvalue weighted by molar-refractivity contribution is 7.23. The Morgan fingerprint density at radius 1 is 1.03 bits per heavy atom. The van der Waals surface area contributed by atoms with E-state index in [1.165, 1.54) is 18.4 Å². The van der Waals surface area contributed by atoms with Crippen molar-refractivity contribution in [2.75, 3.05) is 58.2 Å². The summed E-state index contributed by atoms with van der Waals surface area (Å²) in [5.74, 6) is -0.0422. The maximum Gasteiger partial charge on any atom is 0.409 e. The molecule has 0 unspecified atom stereocenters. The Kier molecular flexibility index (Phi) is 7.34. The van der Waals surface area contributed by atoms with Crippen LogP contribution < -0.4 is 10.6 Å². The molecule has 1 aromatic heterocycles. The Morgan fingerprint density at radius 3 is 2.39 bits per heavy atom. The number of benzene rings is 1. The van der Waals surface area contributed by atoms with E-state index in [0.29, 0.717) is 49.3 Å². The topological polar surface area (TPSA) is 94.2 Å². The largest absolute Gasteiger partial charge is 0.453 e. The van der Waals surface area contributed by atoms with Gasteiger partial charge in [-0.2, -0.15) is 0 Å². The van der Waals surface area contributed by atoms with Crippen molar-refractivity contribution in [3.05, 3.63) is 29.8 Å². The summed E-state index contributed by atoms with van der Waals surface area (Å²) in [6, 6.07) is 7.88. The van der Waals surface area contributed by atoms with E-state index in [4.69, 9.17) is 4.74 Å². The third-order valence-corrected chi connectivity index (χ3v) is 7.48. The predicted octanol–water partition coefficient (Wildman–Crippen LogP) is 3.03. The Morgan fingerprint density at radius 2 is 1.73 bits per heavy atom. The van der Waals surface area contributed by atoms with E-state index in [1.54, 1.807) is 4.90 Å². The summed E-state index contributed by atoms with van der Waals surface area (Å²) in [6.45, 7) is 6.65. The first-order valence-electron chi connectivity index (χ1n) is 11.4. The summed E-state index contributed by atoms with van der Waals surface area (Å²) in [7, 11) is 1.42. The molecule has 9 nitrogen and oxygen atoms in total. The van der Waals surface area contributed by atoms with Crippen LogP contribution in [0.5, 0.6) is 0 Å². The van der Waals surface area contributed by atoms with Crippen molar-refractivity contribution >= 4 is 44.5 Å². The van der Waals surface area contributed by atoms with E-state index in [9.17, 15) is 14.4 Å². The Hall–Kier alpha value is -2.85. The summed E-state index contributed by atoms with van der Waals surface area (Å²) in [5, 5.41) is 7.06. The van der Waals surface area contributed by atoms with Gasteiger partial charge in [-0.05, 0) is 25.8 Å². The number of hydrogen-bond acceptors (Lipinski definition) is 6. The van der Waals surface area contributed by atoms with E-state index in [1.807, 2.05) is 36.1 Å². The first-order chi connectivity index (χ1) is 16.0. The van der Waals surface area contributed by atoms with Gasteiger partial charge in [-0.25, -0.2) is 9.59 Å². The fraction of sp³-hybridized carbons (Fsp3) is 0.522. The number of amides is 4. The van der Waals surface area contributed by atoms with Crippen molar-refractivity contribution in [2.45, 2.75) is 25.8 Å². The number of carbonyl (C=O) groups excluding carboxylic acids is 3. The van der Waals surface area contributed by atoms with Gasteiger partial charge in [0.1, 0.15) is 5.00 Å². The highest BCUT2D eigenvalue weighted by atomic mass is 32.1. The van der Waals surface area contributed by atoms with Crippen LogP contribution in [0.1, 0.15) is 30.1 Å². The Bertz CT molecular complexity index is 1010. The van der Waals surface area contributed by atoms with Crippen LogP contribution in [0.4, 0.5) is 14.6 Å². The first kappa shape index (κ1) is 23.3. The van der Waals surface area contributed by atoms with E-state index < -0.39 is 0 Å². The van der Waals surface area contributed by atoms with Gasteiger partial charge in [-0.15, -0.1) is 11.3 Å². The SMILES string of the molecule is CCNC(=O)Nc1sc2ccccc2c1C(=O)N1CCN(C2CCN(C(=O)OC)CC2)CC1. The minimum absolute atomic E-state index is 0.0422. The minimum Gasteiger partial charge on any atom is -0.453 e. The number of anilines is 1. The second-order valence-corrected chi connectivity index (χ2v) is 9.36. The van der Waals surface area contributed by atoms with Crippen LogP contribution in [-0.4, -0.2) is 91.7 Å². The number of likely N-dealkylation sites (tertiary alicyclic amines) is 1. The van der Waals surface area contributed by atoms with Gasteiger partial charge in [0.25, 0.3) is 5.91 Å². The van der Waals surface area contributed by atoms with Crippen molar-refractivity contribution < 1.29 is 19.1 Å². The number of hydrogen-bond donors (Lipinski definition) is 2. The van der Waals surface area contributed by atoms with Crippen LogP contribution >= 0.6 is 11.3 Å². The first-order valence-corrected chi connectivity index (χ1v) is 12.3. The number of piperidine rings is 1. The van der Waals surface area contributed by atoms with Crippen LogP contribution in [0.3, 0.4) is 0 Å². The number of rotatable bonds is 4. The molecule has 0 spiro atoms. The number of thiophene rings is 1. The molecule has 2 aliphatic heterocycles. The van der Waals surface area contributed by atoms with Gasteiger partial charge in [0.2, 0.25) is 0 Å². The summed E-state index contributed by atoms with van der Waals surface area (Å²) >= 11 is 1.43. The molecule has 0 atom stereocenters. The number of ether oxygens (including phenoxy) is 1. The van der Waals surface area contributed by atoms with Crippen LogP contribution in [0.25, 0.3) is 10.1 Å². The lowest BCUT2D eigenvalue weighted by molar-refractivity contribution is 0.0437. The molecule has 4 amide bonds. The lowest BCUT2D eigenvalue weighted by atomic mass is 10.0. The summed E-state index contributed by atoms with van der Waals surface area (Å²) in [5.41, 5.74) is 0.571. The van der Waals surface area contributed by atoms with Crippen LogP contribution in [0, 0.1) is 0 Å². The summed E-state index contributed by atoms with van der Waals surface area (Å²) in [6.07, 6.45) is 1.57. The normalized spacial score (nSPS) is 17.8.